The number of esters is 2. The first kappa shape index (κ1) is 19.8. The fraction of sp³-hybridized carbons (Fsp3) is 0.875. The van der Waals surface area contributed by atoms with E-state index >= 15 is 0 Å². The molecule has 0 aliphatic heterocycles. The number of carbonyl (C=O) groups excluding carboxylic acids is 2. The number of halogens is 3. The summed E-state index contributed by atoms with van der Waals surface area (Å²) >= 11 is 0. The summed E-state index contributed by atoms with van der Waals surface area (Å²) in [6, 6.07) is 0. The first-order valence-electron chi connectivity index (χ1n) is 8.19. The van der Waals surface area contributed by atoms with Crippen LogP contribution in [0.3, 0.4) is 0 Å². The summed E-state index contributed by atoms with van der Waals surface area (Å²) in [5.41, 5.74) is 0. The van der Waals surface area contributed by atoms with Crippen molar-refractivity contribution < 1.29 is 32.2 Å². The number of ether oxygens (including phenoxy) is 2. The van der Waals surface area contributed by atoms with E-state index in [1.165, 1.54) is 0 Å². The van der Waals surface area contributed by atoms with Crippen molar-refractivity contribution in [1.82, 2.24) is 0 Å². The van der Waals surface area contributed by atoms with Gasteiger partial charge in [-0.2, -0.15) is 13.2 Å². The van der Waals surface area contributed by atoms with E-state index < -0.39 is 24.2 Å². The van der Waals surface area contributed by atoms with E-state index in [1.54, 1.807) is 0 Å². The molecule has 0 saturated heterocycles. The summed E-state index contributed by atoms with van der Waals surface area (Å²) in [6.45, 7) is 2.84. The van der Waals surface area contributed by atoms with E-state index in [0.717, 1.165) is 39.0 Å². The van der Waals surface area contributed by atoms with Gasteiger partial charge >= 0.3 is 18.1 Å². The Morgan fingerprint density at radius 2 is 1.74 bits per heavy atom. The molecule has 0 aromatic carbocycles. The molecule has 0 amide bonds. The second-order valence-corrected chi connectivity index (χ2v) is 6.01. The van der Waals surface area contributed by atoms with E-state index in [9.17, 15) is 22.8 Å². The lowest BCUT2D eigenvalue weighted by Crippen LogP contribution is -2.31. The Balaban J connectivity index is 2.24. The second-order valence-electron chi connectivity index (χ2n) is 6.01. The van der Waals surface area contributed by atoms with Gasteiger partial charge in [0, 0.05) is 12.8 Å². The molecule has 0 radical (unpaired) electrons. The Morgan fingerprint density at radius 1 is 1.13 bits per heavy atom. The maximum absolute atomic E-state index is 12.2. The van der Waals surface area contributed by atoms with Gasteiger partial charge in [0.1, 0.15) is 6.10 Å². The molecule has 0 heterocycles. The molecular formula is C16H25F3O4. The molecule has 0 bridgehead atoms. The van der Waals surface area contributed by atoms with Gasteiger partial charge in [0.2, 0.25) is 0 Å². The standard InChI is InChI=1S/C16H25F3O4/c1-3-12-7-4-5-8-13(12)23-15(21)10-6-9-14(20)22-11(2)16(17,18)19/h11-13H,3-10H2,1-2H3. The molecule has 0 N–H and O–H groups in total. The SMILES string of the molecule is CCC1CCCCC1OC(=O)CCCC(=O)OC(C)C(F)(F)F. The van der Waals surface area contributed by atoms with Gasteiger partial charge < -0.3 is 9.47 Å². The third-order valence-electron chi connectivity index (χ3n) is 4.18. The topological polar surface area (TPSA) is 52.6 Å². The van der Waals surface area contributed by atoms with Crippen LogP contribution in [0.5, 0.6) is 0 Å². The van der Waals surface area contributed by atoms with Gasteiger partial charge in [0.15, 0.2) is 6.10 Å². The number of alkyl halides is 3. The molecule has 0 aromatic heterocycles. The monoisotopic (exact) mass is 338 g/mol. The van der Waals surface area contributed by atoms with Crippen LogP contribution in [-0.4, -0.2) is 30.3 Å². The van der Waals surface area contributed by atoms with Gasteiger partial charge in [-0.15, -0.1) is 0 Å². The van der Waals surface area contributed by atoms with Crippen LogP contribution in [-0.2, 0) is 19.1 Å². The van der Waals surface area contributed by atoms with E-state index in [0.29, 0.717) is 5.92 Å². The zero-order valence-electron chi connectivity index (χ0n) is 13.7. The zero-order chi connectivity index (χ0) is 17.5. The van der Waals surface area contributed by atoms with Crippen LogP contribution in [0.4, 0.5) is 13.2 Å². The third-order valence-corrected chi connectivity index (χ3v) is 4.18. The molecule has 7 heteroatoms. The lowest BCUT2D eigenvalue weighted by molar-refractivity contribution is -0.216. The van der Waals surface area contributed by atoms with Gasteiger partial charge in [-0.3, -0.25) is 9.59 Å². The largest absolute Gasteiger partial charge is 0.462 e. The van der Waals surface area contributed by atoms with Gasteiger partial charge in [-0.05, 0) is 44.9 Å². The zero-order valence-corrected chi connectivity index (χ0v) is 13.7. The second kappa shape index (κ2) is 9.13. The van der Waals surface area contributed by atoms with Gasteiger partial charge in [0.25, 0.3) is 0 Å². The Bertz CT molecular complexity index is 395. The maximum atomic E-state index is 12.2. The van der Waals surface area contributed by atoms with Crippen LogP contribution in [0, 0.1) is 5.92 Å². The molecule has 0 aromatic rings. The Hall–Kier alpha value is -1.27. The molecule has 3 atom stereocenters. The minimum atomic E-state index is -4.56. The fourth-order valence-corrected chi connectivity index (χ4v) is 2.72. The first-order chi connectivity index (χ1) is 10.7. The predicted molar refractivity (Wildman–Crippen MR) is 77.6 cm³/mol. The van der Waals surface area contributed by atoms with Crippen molar-refractivity contribution in [1.29, 1.82) is 0 Å². The summed E-state index contributed by atoms with van der Waals surface area (Å²) in [5.74, 6) is -0.968. The summed E-state index contributed by atoms with van der Waals surface area (Å²) in [4.78, 5) is 23.1. The van der Waals surface area contributed by atoms with Crippen molar-refractivity contribution in [3.8, 4) is 0 Å². The molecule has 23 heavy (non-hydrogen) atoms. The third kappa shape index (κ3) is 7.22. The van der Waals surface area contributed by atoms with Crippen molar-refractivity contribution in [2.75, 3.05) is 0 Å². The van der Waals surface area contributed by atoms with E-state index in [1.807, 2.05) is 0 Å². The van der Waals surface area contributed by atoms with Crippen LogP contribution in [0.2, 0.25) is 0 Å². The highest BCUT2D eigenvalue weighted by molar-refractivity contribution is 5.72. The Labute approximate surface area is 134 Å². The average Bonchev–Trinajstić information content (AvgIpc) is 2.46. The van der Waals surface area contributed by atoms with Crippen LogP contribution in [0.1, 0.15) is 65.2 Å². The summed E-state index contributed by atoms with van der Waals surface area (Å²) < 4.78 is 46.4. The summed E-state index contributed by atoms with van der Waals surface area (Å²) in [7, 11) is 0. The van der Waals surface area contributed by atoms with Crippen LogP contribution in [0.15, 0.2) is 0 Å². The molecule has 1 fully saturated rings. The summed E-state index contributed by atoms with van der Waals surface area (Å²) in [5, 5.41) is 0. The van der Waals surface area contributed by atoms with Gasteiger partial charge in [-0.25, -0.2) is 0 Å². The van der Waals surface area contributed by atoms with Crippen molar-refractivity contribution >= 4 is 11.9 Å². The maximum Gasteiger partial charge on any atom is 0.425 e. The van der Waals surface area contributed by atoms with Gasteiger partial charge in [-0.1, -0.05) is 13.3 Å². The van der Waals surface area contributed by atoms with Crippen molar-refractivity contribution in [2.24, 2.45) is 5.92 Å². The molecule has 0 spiro atoms. The Morgan fingerprint density at radius 3 is 2.35 bits per heavy atom. The number of carbonyl (C=O) groups is 2. The van der Waals surface area contributed by atoms with Crippen molar-refractivity contribution in [3.05, 3.63) is 0 Å². The molecule has 1 saturated carbocycles. The highest BCUT2D eigenvalue weighted by Gasteiger charge is 2.39. The average molecular weight is 338 g/mol. The van der Waals surface area contributed by atoms with Crippen LogP contribution in [0.25, 0.3) is 0 Å². The number of rotatable bonds is 7. The van der Waals surface area contributed by atoms with Crippen molar-refractivity contribution in [2.45, 2.75) is 83.6 Å². The predicted octanol–water partition coefficient (Wildman–Crippen LogP) is 4.16. The molecule has 4 nitrogen and oxygen atoms in total. The lowest BCUT2D eigenvalue weighted by Gasteiger charge is -2.30. The van der Waals surface area contributed by atoms with Crippen LogP contribution >= 0.6 is 0 Å². The van der Waals surface area contributed by atoms with E-state index in [2.05, 4.69) is 11.7 Å². The van der Waals surface area contributed by atoms with Crippen LogP contribution < -0.4 is 0 Å². The number of hydrogen-bond donors (Lipinski definition) is 0. The fourth-order valence-electron chi connectivity index (χ4n) is 2.72. The highest BCUT2D eigenvalue weighted by atomic mass is 19.4. The van der Waals surface area contributed by atoms with Crippen molar-refractivity contribution in [3.63, 3.8) is 0 Å². The lowest BCUT2D eigenvalue weighted by atomic mass is 9.85. The highest BCUT2D eigenvalue weighted by Crippen LogP contribution is 2.29. The molecule has 134 valence electrons. The molecular weight excluding hydrogens is 313 g/mol. The normalized spacial score (nSPS) is 23.2. The molecule has 1 rings (SSSR count). The minimum Gasteiger partial charge on any atom is -0.462 e. The molecule has 3 unspecified atom stereocenters. The number of hydrogen-bond acceptors (Lipinski definition) is 4. The molecule has 1 aliphatic rings. The van der Waals surface area contributed by atoms with E-state index in [4.69, 9.17) is 4.74 Å². The first-order valence-corrected chi connectivity index (χ1v) is 8.19. The quantitative estimate of drug-likeness (QED) is 0.654. The van der Waals surface area contributed by atoms with Gasteiger partial charge in [0.05, 0.1) is 0 Å². The van der Waals surface area contributed by atoms with E-state index in [-0.39, 0.29) is 25.4 Å². The summed E-state index contributed by atoms with van der Waals surface area (Å²) in [6.07, 6.45) is -1.79. The Kier molecular flexibility index (Phi) is 7.85. The molecule has 1 aliphatic carbocycles. The minimum absolute atomic E-state index is 0.0163. The smallest absolute Gasteiger partial charge is 0.425 e.